The van der Waals surface area contributed by atoms with Crippen LogP contribution in [-0.4, -0.2) is 43.3 Å². The molecule has 5 nitrogen and oxygen atoms in total. The number of oxazole rings is 1. The topological polar surface area (TPSA) is 41.7 Å². The maximum Gasteiger partial charge on any atom is 0.298 e. The Morgan fingerprint density at radius 1 is 1.18 bits per heavy atom. The van der Waals surface area contributed by atoms with E-state index in [-0.39, 0.29) is 0 Å². The van der Waals surface area contributed by atoms with Crippen molar-refractivity contribution in [1.82, 2.24) is 10.0 Å². The summed E-state index contributed by atoms with van der Waals surface area (Å²) in [6.07, 6.45) is 0. The van der Waals surface area contributed by atoms with Gasteiger partial charge in [-0.1, -0.05) is 12.1 Å². The van der Waals surface area contributed by atoms with E-state index in [1.807, 2.05) is 29.3 Å². The van der Waals surface area contributed by atoms with Gasteiger partial charge in [0.2, 0.25) is 0 Å². The summed E-state index contributed by atoms with van der Waals surface area (Å²) in [6, 6.07) is 8.55. The van der Waals surface area contributed by atoms with Crippen molar-refractivity contribution in [3.05, 3.63) is 24.3 Å². The quantitative estimate of drug-likeness (QED) is 0.786. The second-order valence-corrected chi connectivity index (χ2v) is 4.06. The smallest absolute Gasteiger partial charge is 0.298 e. The van der Waals surface area contributed by atoms with Crippen molar-refractivity contribution in [3.8, 4) is 0 Å². The van der Waals surface area contributed by atoms with Gasteiger partial charge in [0.25, 0.3) is 6.01 Å². The van der Waals surface area contributed by atoms with Crippen molar-refractivity contribution < 1.29 is 9.25 Å². The third-order valence-corrected chi connectivity index (χ3v) is 3.05. The van der Waals surface area contributed by atoms with Gasteiger partial charge >= 0.3 is 0 Å². The number of anilines is 1. The lowest BCUT2D eigenvalue weighted by Gasteiger charge is -2.31. The molecule has 0 saturated carbocycles. The zero-order valence-corrected chi connectivity index (χ0v) is 9.80. The summed E-state index contributed by atoms with van der Waals surface area (Å²) in [5.41, 5.74) is 1.76. The van der Waals surface area contributed by atoms with Crippen LogP contribution in [0.4, 0.5) is 6.01 Å². The average molecular weight is 233 g/mol. The molecule has 2 heterocycles. The molecule has 1 fully saturated rings. The first kappa shape index (κ1) is 10.6. The van der Waals surface area contributed by atoms with Crippen LogP contribution in [0, 0.1) is 0 Å². The fourth-order valence-corrected chi connectivity index (χ4v) is 2.06. The molecule has 0 atom stereocenters. The minimum absolute atomic E-state index is 0.710. The third kappa shape index (κ3) is 1.99. The second-order valence-electron chi connectivity index (χ2n) is 4.06. The second kappa shape index (κ2) is 4.35. The van der Waals surface area contributed by atoms with Crippen molar-refractivity contribution in [2.45, 2.75) is 0 Å². The summed E-state index contributed by atoms with van der Waals surface area (Å²) >= 11 is 0. The van der Waals surface area contributed by atoms with Gasteiger partial charge in [0.1, 0.15) is 5.52 Å². The molecule has 3 rings (SSSR count). The molecule has 90 valence electrons. The highest BCUT2D eigenvalue weighted by molar-refractivity contribution is 5.74. The molecule has 5 heteroatoms. The molecule has 2 aromatic rings. The lowest BCUT2D eigenvalue weighted by molar-refractivity contribution is -0.133. The predicted molar refractivity (Wildman–Crippen MR) is 64.8 cm³/mol. The first-order valence-electron chi connectivity index (χ1n) is 5.76. The average Bonchev–Trinajstić information content (AvgIpc) is 2.82. The zero-order valence-electron chi connectivity index (χ0n) is 9.80. The standard InChI is InChI=1S/C12H15N3O2/c1-16-15-8-6-14(7-9-15)12-13-10-4-2-3-5-11(10)17-12/h2-5H,6-9H2,1H3. The van der Waals surface area contributed by atoms with Crippen molar-refractivity contribution in [2.24, 2.45) is 0 Å². The molecule has 1 aromatic heterocycles. The maximum atomic E-state index is 5.73. The molecule has 0 amide bonds. The highest BCUT2D eigenvalue weighted by Gasteiger charge is 2.20. The van der Waals surface area contributed by atoms with E-state index in [1.165, 1.54) is 0 Å². The Bertz CT molecular complexity index is 470. The van der Waals surface area contributed by atoms with E-state index >= 15 is 0 Å². The highest BCUT2D eigenvalue weighted by atomic mass is 16.7. The van der Waals surface area contributed by atoms with Crippen LogP contribution in [-0.2, 0) is 4.84 Å². The van der Waals surface area contributed by atoms with E-state index in [4.69, 9.17) is 9.25 Å². The number of hydroxylamine groups is 2. The number of benzene rings is 1. The van der Waals surface area contributed by atoms with E-state index in [9.17, 15) is 0 Å². The molecular weight excluding hydrogens is 218 g/mol. The highest BCUT2D eigenvalue weighted by Crippen LogP contribution is 2.22. The van der Waals surface area contributed by atoms with Crippen LogP contribution < -0.4 is 4.90 Å². The molecule has 0 bridgehead atoms. The Hall–Kier alpha value is -1.59. The molecule has 0 radical (unpaired) electrons. The van der Waals surface area contributed by atoms with E-state index in [2.05, 4.69) is 9.88 Å². The molecule has 0 unspecified atom stereocenters. The maximum absolute atomic E-state index is 5.73. The Morgan fingerprint density at radius 3 is 2.65 bits per heavy atom. The lowest BCUT2D eigenvalue weighted by atomic mass is 10.3. The van der Waals surface area contributed by atoms with Gasteiger partial charge < -0.3 is 14.2 Å². The normalized spacial score (nSPS) is 17.8. The van der Waals surface area contributed by atoms with E-state index < -0.39 is 0 Å². The fraction of sp³-hybridized carbons (Fsp3) is 0.417. The van der Waals surface area contributed by atoms with Gasteiger partial charge in [-0.15, -0.1) is 0 Å². The van der Waals surface area contributed by atoms with Crippen LogP contribution in [0.25, 0.3) is 11.1 Å². The van der Waals surface area contributed by atoms with E-state index in [0.717, 1.165) is 37.3 Å². The van der Waals surface area contributed by atoms with Crippen LogP contribution >= 0.6 is 0 Å². The molecule has 1 aromatic carbocycles. The minimum atomic E-state index is 0.710. The Morgan fingerprint density at radius 2 is 1.94 bits per heavy atom. The van der Waals surface area contributed by atoms with Crippen LogP contribution in [0.15, 0.2) is 28.7 Å². The van der Waals surface area contributed by atoms with Gasteiger partial charge in [0, 0.05) is 26.2 Å². The Labute approximate surface area is 99.5 Å². The van der Waals surface area contributed by atoms with Crippen molar-refractivity contribution in [1.29, 1.82) is 0 Å². The molecule has 0 aliphatic carbocycles. The molecular formula is C12H15N3O2. The van der Waals surface area contributed by atoms with Crippen LogP contribution in [0.2, 0.25) is 0 Å². The van der Waals surface area contributed by atoms with E-state index in [1.54, 1.807) is 7.11 Å². The fourth-order valence-electron chi connectivity index (χ4n) is 2.06. The molecule has 0 N–H and O–H groups in total. The third-order valence-electron chi connectivity index (χ3n) is 3.05. The van der Waals surface area contributed by atoms with Gasteiger partial charge in [0.05, 0.1) is 7.11 Å². The van der Waals surface area contributed by atoms with Crippen LogP contribution in [0.5, 0.6) is 0 Å². The van der Waals surface area contributed by atoms with E-state index in [0.29, 0.717) is 6.01 Å². The number of nitrogens with zero attached hydrogens (tertiary/aromatic N) is 3. The molecule has 17 heavy (non-hydrogen) atoms. The van der Waals surface area contributed by atoms with Crippen molar-refractivity contribution in [2.75, 3.05) is 38.2 Å². The van der Waals surface area contributed by atoms with Gasteiger partial charge in [-0.2, -0.15) is 10.0 Å². The first-order chi connectivity index (χ1) is 8.36. The predicted octanol–water partition coefficient (Wildman–Crippen LogP) is 1.51. The monoisotopic (exact) mass is 233 g/mol. The van der Waals surface area contributed by atoms with Crippen LogP contribution in [0.3, 0.4) is 0 Å². The number of fused-ring (bicyclic) bond motifs is 1. The lowest BCUT2D eigenvalue weighted by Crippen LogP contribution is -2.45. The first-order valence-corrected chi connectivity index (χ1v) is 5.76. The van der Waals surface area contributed by atoms with Gasteiger partial charge in [0.15, 0.2) is 5.58 Å². The van der Waals surface area contributed by atoms with Crippen molar-refractivity contribution >= 4 is 17.1 Å². The molecule has 0 spiro atoms. The Balaban J connectivity index is 1.80. The van der Waals surface area contributed by atoms with Gasteiger partial charge in [-0.25, -0.2) is 0 Å². The molecule has 1 aliphatic heterocycles. The largest absolute Gasteiger partial charge is 0.423 e. The summed E-state index contributed by atoms with van der Waals surface area (Å²) in [7, 11) is 1.70. The van der Waals surface area contributed by atoms with Gasteiger partial charge in [-0.3, -0.25) is 0 Å². The summed E-state index contributed by atoms with van der Waals surface area (Å²) < 4.78 is 5.73. The summed E-state index contributed by atoms with van der Waals surface area (Å²) in [6.45, 7) is 3.49. The van der Waals surface area contributed by atoms with Crippen molar-refractivity contribution in [3.63, 3.8) is 0 Å². The summed E-state index contributed by atoms with van der Waals surface area (Å²) in [4.78, 5) is 11.8. The summed E-state index contributed by atoms with van der Waals surface area (Å²) in [5, 5.41) is 1.94. The number of hydrogen-bond donors (Lipinski definition) is 0. The number of rotatable bonds is 2. The number of para-hydroxylation sites is 2. The number of hydrogen-bond acceptors (Lipinski definition) is 5. The number of piperazine rings is 1. The minimum Gasteiger partial charge on any atom is -0.423 e. The molecule has 1 aliphatic rings. The van der Waals surface area contributed by atoms with Crippen LogP contribution in [0.1, 0.15) is 0 Å². The SMILES string of the molecule is CON1CCN(c2nc3ccccc3o2)CC1. The summed E-state index contributed by atoms with van der Waals surface area (Å²) in [5.74, 6) is 0. The Kier molecular flexibility index (Phi) is 2.70. The number of aromatic nitrogens is 1. The zero-order chi connectivity index (χ0) is 11.7. The van der Waals surface area contributed by atoms with Gasteiger partial charge in [-0.05, 0) is 12.1 Å². The molecule has 1 saturated heterocycles.